The molecule has 0 aliphatic heterocycles. The number of benzene rings is 1. The standard InChI is InChI=1S/C14H15NO3S/c1-2-17-14(16)10-6-9(10)7-18-12-5-3-4-11-13(12)19-8-15-11/h3-5,8-10H,2,6-7H2,1H3. The highest BCUT2D eigenvalue weighted by atomic mass is 32.1. The van der Waals surface area contributed by atoms with Gasteiger partial charge >= 0.3 is 5.97 Å². The van der Waals surface area contributed by atoms with Gasteiger partial charge in [0, 0.05) is 5.92 Å². The molecule has 0 spiro atoms. The van der Waals surface area contributed by atoms with Crippen molar-refractivity contribution >= 4 is 27.5 Å². The summed E-state index contributed by atoms with van der Waals surface area (Å²) in [7, 11) is 0. The van der Waals surface area contributed by atoms with Gasteiger partial charge in [-0.25, -0.2) is 4.98 Å². The van der Waals surface area contributed by atoms with Crippen LogP contribution in [0.25, 0.3) is 10.2 Å². The minimum absolute atomic E-state index is 0.0283. The van der Waals surface area contributed by atoms with Crippen LogP contribution in [0.15, 0.2) is 23.7 Å². The second-order valence-electron chi connectivity index (χ2n) is 4.62. The molecule has 0 amide bonds. The number of ether oxygens (including phenoxy) is 2. The van der Waals surface area contributed by atoms with Gasteiger partial charge < -0.3 is 9.47 Å². The Balaban J connectivity index is 1.59. The van der Waals surface area contributed by atoms with Crippen molar-refractivity contribution in [3.63, 3.8) is 0 Å². The molecule has 0 saturated heterocycles. The van der Waals surface area contributed by atoms with Gasteiger partial charge in [0.15, 0.2) is 0 Å². The lowest BCUT2D eigenvalue weighted by Crippen LogP contribution is -2.10. The first-order valence-corrected chi connectivity index (χ1v) is 7.29. The summed E-state index contributed by atoms with van der Waals surface area (Å²) in [5.41, 5.74) is 2.77. The van der Waals surface area contributed by atoms with E-state index in [4.69, 9.17) is 9.47 Å². The van der Waals surface area contributed by atoms with E-state index in [2.05, 4.69) is 4.98 Å². The van der Waals surface area contributed by atoms with Gasteiger partial charge in [-0.05, 0) is 25.5 Å². The Kier molecular flexibility index (Phi) is 3.38. The first-order valence-electron chi connectivity index (χ1n) is 6.41. The van der Waals surface area contributed by atoms with E-state index in [-0.39, 0.29) is 11.9 Å². The first-order chi connectivity index (χ1) is 9.29. The molecule has 0 radical (unpaired) electrons. The molecule has 1 aliphatic rings. The van der Waals surface area contributed by atoms with Gasteiger partial charge in [0.25, 0.3) is 0 Å². The van der Waals surface area contributed by atoms with Crippen molar-refractivity contribution in [3.05, 3.63) is 23.7 Å². The molecule has 1 saturated carbocycles. The molecule has 2 aromatic rings. The molecule has 1 aliphatic carbocycles. The third-order valence-corrected chi connectivity index (χ3v) is 4.14. The fraction of sp³-hybridized carbons (Fsp3) is 0.429. The summed E-state index contributed by atoms with van der Waals surface area (Å²) in [6.07, 6.45) is 0.873. The normalized spacial score (nSPS) is 21.3. The van der Waals surface area contributed by atoms with E-state index in [1.54, 1.807) is 11.3 Å². The van der Waals surface area contributed by atoms with Crippen LogP contribution in [-0.2, 0) is 9.53 Å². The van der Waals surface area contributed by atoms with Crippen molar-refractivity contribution in [3.8, 4) is 5.75 Å². The van der Waals surface area contributed by atoms with Crippen molar-refractivity contribution in [2.24, 2.45) is 11.8 Å². The largest absolute Gasteiger partial charge is 0.492 e. The molecule has 1 aromatic heterocycles. The molecule has 4 nitrogen and oxygen atoms in total. The van der Waals surface area contributed by atoms with Crippen LogP contribution >= 0.6 is 11.3 Å². The molecule has 100 valence electrons. The zero-order valence-electron chi connectivity index (χ0n) is 10.7. The van der Waals surface area contributed by atoms with E-state index in [0.29, 0.717) is 19.1 Å². The van der Waals surface area contributed by atoms with Crippen LogP contribution in [0.4, 0.5) is 0 Å². The Morgan fingerprint density at radius 1 is 1.53 bits per heavy atom. The third kappa shape index (κ3) is 2.56. The minimum atomic E-state index is -0.0906. The average Bonchev–Trinajstić information content (AvgIpc) is 3.03. The number of aromatic nitrogens is 1. The van der Waals surface area contributed by atoms with Crippen molar-refractivity contribution < 1.29 is 14.3 Å². The topological polar surface area (TPSA) is 48.4 Å². The molecule has 0 bridgehead atoms. The van der Waals surface area contributed by atoms with E-state index >= 15 is 0 Å². The summed E-state index contributed by atoms with van der Waals surface area (Å²) in [6, 6.07) is 5.85. The second-order valence-corrected chi connectivity index (χ2v) is 5.48. The Bertz CT molecular complexity index is 595. The molecule has 19 heavy (non-hydrogen) atoms. The number of thiazole rings is 1. The molecule has 2 unspecified atom stereocenters. The van der Waals surface area contributed by atoms with Crippen LogP contribution in [-0.4, -0.2) is 24.2 Å². The smallest absolute Gasteiger partial charge is 0.309 e. The number of carbonyl (C=O) groups excluding carboxylic acids is 1. The number of hydrogen-bond donors (Lipinski definition) is 0. The number of carbonyl (C=O) groups is 1. The maximum atomic E-state index is 11.5. The van der Waals surface area contributed by atoms with Crippen LogP contribution in [0.2, 0.25) is 0 Å². The maximum absolute atomic E-state index is 11.5. The number of nitrogens with zero attached hydrogens (tertiary/aromatic N) is 1. The van der Waals surface area contributed by atoms with Crippen LogP contribution in [0, 0.1) is 11.8 Å². The van der Waals surface area contributed by atoms with Gasteiger partial charge in [-0.1, -0.05) is 6.07 Å². The summed E-state index contributed by atoms with van der Waals surface area (Å²) in [5, 5.41) is 0. The molecule has 3 rings (SSSR count). The zero-order chi connectivity index (χ0) is 13.2. The maximum Gasteiger partial charge on any atom is 0.309 e. The van der Waals surface area contributed by atoms with Gasteiger partial charge in [0.05, 0.1) is 34.9 Å². The lowest BCUT2D eigenvalue weighted by atomic mass is 10.3. The Hall–Kier alpha value is -1.62. The zero-order valence-corrected chi connectivity index (χ0v) is 11.5. The Morgan fingerprint density at radius 2 is 2.42 bits per heavy atom. The van der Waals surface area contributed by atoms with Gasteiger partial charge in [-0.2, -0.15) is 0 Å². The molecule has 5 heteroatoms. The number of esters is 1. The van der Waals surface area contributed by atoms with Crippen LogP contribution in [0.5, 0.6) is 5.75 Å². The molecule has 1 aromatic carbocycles. The van der Waals surface area contributed by atoms with Crippen molar-refractivity contribution in [2.75, 3.05) is 13.2 Å². The molecule has 1 fully saturated rings. The number of hydrogen-bond acceptors (Lipinski definition) is 5. The van der Waals surface area contributed by atoms with Gasteiger partial charge in [0.1, 0.15) is 5.75 Å². The summed E-state index contributed by atoms with van der Waals surface area (Å²) in [5.74, 6) is 1.09. The summed E-state index contributed by atoms with van der Waals surface area (Å²) >= 11 is 1.57. The van der Waals surface area contributed by atoms with Crippen molar-refractivity contribution in [2.45, 2.75) is 13.3 Å². The third-order valence-electron chi connectivity index (χ3n) is 3.29. The minimum Gasteiger partial charge on any atom is -0.492 e. The SMILES string of the molecule is CCOC(=O)C1CC1COc1cccc2ncsc12. The van der Waals surface area contributed by atoms with E-state index in [1.165, 1.54) is 0 Å². The molecular weight excluding hydrogens is 262 g/mol. The Morgan fingerprint density at radius 3 is 3.26 bits per heavy atom. The van der Waals surface area contributed by atoms with E-state index in [1.807, 2.05) is 30.6 Å². The molecule has 1 heterocycles. The fourth-order valence-electron chi connectivity index (χ4n) is 2.14. The molecular formula is C14H15NO3S. The highest BCUT2D eigenvalue weighted by Gasteiger charge is 2.44. The van der Waals surface area contributed by atoms with Crippen molar-refractivity contribution in [1.29, 1.82) is 0 Å². The predicted molar refractivity (Wildman–Crippen MR) is 73.3 cm³/mol. The number of rotatable bonds is 5. The lowest BCUT2D eigenvalue weighted by molar-refractivity contribution is -0.145. The van der Waals surface area contributed by atoms with Crippen LogP contribution < -0.4 is 4.74 Å². The van der Waals surface area contributed by atoms with Gasteiger partial charge in [-0.15, -0.1) is 11.3 Å². The second kappa shape index (κ2) is 5.17. The quantitative estimate of drug-likeness (QED) is 0.788. The van der Waals surface area contributed by atoms with E-state index in [0.717, 1.165) is 22.4 Å². The van der Waals surface area contributed by atoms with E-state index in [9.17, 15) is 4.79 Å². The van der Waals surface area contributed by atoms with Crippen molar-refractivity contribution in [1.82, 2.24) is 4.98 Å². The van der Waals surface area contributed by atoms with Crippen LogP contribution in [0.1, 0.15) is 13.3 Å². The fourth-order valence-corrected chi connectivity index (χ4v) is 2.90. The number of fused-ring (bicyclic) bond motifs is 1. The monoisotopic (exact) mass is 277 g/mol. The Labute approximate surface area is 115 Å². The summed E-state index contributed by atoms with van der Waals surface area (Å²) in [4.78, 5) is 15.8. The summed E-state index contributed by atoms with van der Waals surface area (Å²) < 4.78 is 11.9. The van der Waals surface area contributed by atoms with Gasteiger partial charge in [0.2, 0.25) is 0 Å². The average molecular weight is 277 g/mol. The van der Waals surface area contributed by atoms with Gasteiger partial charge in [-0.3, -0.25) is 4.79 Å². The highest BCUT2D eigenvalue weighted by Crippen LogP contribution is 2.40. The molecule has 2 atom stereocenters. The summed E-state index contributed by atoms with van der Waals surface area (Å²) in [6.45, 7) is 2.85. The highest BCUT2D eigenvalue weighted by molar-refractivity contribution is 7.17. The van der Waals surface area contributed by atoms with Crippen LogP contribution in [0.3, 0.4) is 0 Å². The predicted octanol–water partition coefficient (Wildman–Crippen LogP) is 2.87. The van der Waals surface area contributed by atoms with E-state index < -0.39 is 0 Å². The first kappa shape index (κ1) is 12.4. The lowest BCUT2D eigenvalue weighted by Gasteiger charge is -2.06. The molecule has 0 N–H and O–H groups in total.